The minimum absolute atomic E-state index is 0.664. The predicted octanol–water partition coefficient (Wildman–Crippen LogP) is 5.69. The number of aliphatic hydroxyl groups excluding tert-OH is 1. The van der Waals surface area contributed by atoms with Crippen LogP contribution >= 0.6 is 45.2 Å². The molecule has 0 atom stereocenters. The van der Waals surface area contributed by atoms with Crippen molar-refractivity contribution in [2.24, 2.45) is 0 Å². The first-order valence-electron chi connectivity index (χ1n) is 7.87. The average molecular weight is 629 g/mol. The molecule has 2 heterocycles. The van der Waals surface area contributed by atoms with E-state index in [1.54, 1.807) is 12.4 Å². The molecule has 0 aliphatic rings. The third-order valence-electron chi connectivity index (χ3n) is 3.50. The van der Waals surface area contributed by atoms with Crippen molar-refractivity contribution in [2.45, 2.75) is 0 Å². The fourth-order valence-electron chi connectivity index (χ4n) is 2.18. The number of rotatable bonds is 1. The van der Waals surface area contributed by atoms with Gasteiger partial charge in [-0.2, -0.15) is 0 Å². The number of aromatic nitrogens is 3. The van der Waals surface area contributed by atoms with Gasteiger partial charge >= 0.3 is 0 Å². The summed E-state index contributed by atoms with van der Waals surface area (Å²) in [6.07, 6.45) is 3.53. The zero-order valence-corrected chi connectivity index (χ0v) is 19.0. The van der Waals surface area contributed by atoms with Gasteiger partial charge in [0.1, 0.15) is 5.82 Å². The van der Waals surface area contributed by atoms with Gasteiger partial charge in [-0.3, -0.25) is 4.98 Å². The number of nitrogens with zero attached hydrogens (tertiary/aromatic N) is 2. The molecule has 2 N–H and O–H groups in total. The van der Waals surface area contributed by atoms with Gasteiger partial charge in [0.15, 0.2) is 23.3 Å². The van der Waals surface area contributed by atoms with E-state index in [9.17, 15) is 17.6 Å². The summed E-state index contributed by atoms with van der Waals surface area (Å²) >= 11 is 2.41. The fraction of sp³-hybridized carbons (Fsp3) is 0.0526. The highest BCUT2D eigenvalue weighted by Gasteiger charge is 2.21. The maximum atomic E-state index is 12.6. The van der Waals surface area contributed by atoms with Gasteiger partial charge in [-0.25, -0.2) is 22.5 Å². The Hall–Kier alpha value is -1.80. The van der Waals surface area contributed by atoms with Crippen LogP contribution in [0.4, 0.5) is 17.6 Å². The number of halogens is 6. The molecule has 2 aromatic heterocycles. The average Bonchev–Trinajstić information content (AvgIpc) is 3.22. The number of nitrogens with one attached hydrogen (secondary N) is 1. The van der Waals surface area contributed by atoms with Crippen molar-refractivity contribution in [1.29, 1.82) is 0 Å². The summed E-state index contributed by atoms with van der Waals surface area (Å²) < 4.78 is 49.2. The Morgan fingerprint density at radius 3 is 1.76 bits per heavy atom. The van der Waals surface area contributed by atoms with Crippen molar-refractivity contribution in [2.75, 3.05) is 7.11 Å². The predicted molar refractivity (Wildman–Crippen MR) is 119 cm³/mol. The lowest BCUT2D eigenvalue weighted by Crippen LogP contribution is -2.02. The van der Waals surface area contributed by atoms with Crippen molar-refractivity contribution in [3.8, 4) is 11.4 Å². The van der Waals surface area contributed by atoms with E-state index in [0.717, 1.165) is 29.5 Å². The molecule has 2 aromatic carbocycles. The Balaban J connectivity index is 0.000000196. The first-order chi connectivity index (χ1) is 13.9. The van der Waals surface area contributed by atoms with E-state index < -0.39 is 30.4 Å². The van der Waals surface area contributed by atoms with Gasteiger partial charge in [-0.1, -0.05) is 12.1 Å². The van der Waals surface area contributed by atoms with Gasteiger partial charge in [-0.05, 0) is 69.4 Å². The topological polar surface area (TPSA) is 61.8 Å². The van der Waals surface area contributed by atoms with Crippen LogP contribution in [0.15, 0.2) is 48.8 Å². The smallest absolute Gasteiger partial charge is 0.176 e. The lowest BCUT2D eigenvalue weighted by molar-refractivity contribution is 0.399. The van der Waals surface area contributed by atoms with E-state index in [-0.39, 0.29) is 0 Å². The van der Waals surface area contributed by atoms with E-state index in [4.69, 9.17) is 5.11 Å². The summed E-state index contributed by atoms with van der Waals surface area (Å²) in [5, 5.41) is 7.00. The molecule has 0 fully saturated rings. The van der Waals surface area contributed by atoms with Crippen LogP contribution in [0, 0.1) is 30.4 Å². The number of fused-ring (bicyclic) bond motifs is 1. The zero-order chi connectivity index (χ0) is 21.6. The van der Waals surface area contributed by atoms with Crippen LogP contribution in [-0.2, 0) is 0 Å². The third kappa shape index (κ3) is 5.42. The van der Waals surface area contributed by atoms with Gasteiger partial charge in [-0.15, -0.1) is 0 Å². The SMILES string of the molecule is CO.Fc1c(F)c(I)c(F)c(F)c1I.c1ccc2[nH]c(-c3ccncc3)nc2c1. The second kappa shape index (κ2) is 10.8. The maximum absolute atomic E-state index is 12.6. The fourth-order valence-corrected chi connectivity index (χ4v) is 3.12. The molecule has 4 nitrogen and oxygen atoms in total. The Kier molecular flexibility index (Phi) is 8.77. The number of pyridine rings is 1. The van der Waals surface area contributed by atoms with E-state index in [1.165, 1.54) is 45.2 Å². The summed E-state index contributed by atoms with van der Waals surface area (Å²) in [5.41, 5.74) is 3.11. The molecule has 0 bridgehead atoms. The molecule has 0 amide bonds. The van der Waals surface area contributed by atoms with Crippen LogP contribution in [0.1, 0.15) is 0 Å². The summed E-state index contributed by atoms with van der Waals surface area (Å²) in [5.74, 6) is -4.51. The summed E-state index contributed by atoms with van der Waals surface area (Å²) in [6, 6.07) is 11.9. The second-order valence-corrected chi connectivity index (χ2v) is 7.38. The van der Waals surface area contributed by atoms with Crippen molar-refractivity contribution in [3.05, 3.63) is 79.2 Å². The molecule has 4 rings (SSSR count). The first-order valence-corrected chi connectivity index (χ1v) is 10.0. The van der Waals surface area contributed by atoms with Crippen LogP contribution in [0.5, 0.6) is 0 Å². The molecule has 4 aromatic rings. The molecule has 0 saturated carbocycles. The summed E-state index contributed by atoms with van der Waals surface area (Å²) in [6.45, 7) is 0. The van der Waals surface area contributed by atoms with Gasteiger partial charge < -0.3 is 10.1 Å². The van der Waals surface area contributed by atoms with Gasteiger partial charge in [0.25, 0.3) is 0 Å². The number of aromatic amines is 1. The molecule has 10 heteroatoms. The van der Waals surface area contributed by atoms with E-state index >= 15 is 0 Å². The van der Waals surface area contributed by atoms with Crippen molar-refractivity contribution >= 4 is 56.2 Å². The minimum Gasteiger partial charge on any atom is -0.400 e. The molecule has 0 unspecified atom stereocenters. The molecule has 29 heavy (non-hydrogen) atoms. The number of benzene rings is 2. The van der Waals surface area contributed by atoms with Crippen LogP contribution in [0.2, 0.25) is 0 Å². The normalized spacial score (nSPS) is 10.1. The van der Waals surface area contributed by atoms with Crippen molar-refractivity contribution in [1.82, 2.24) is 15.0 Å². The Bertz CT molecular complexity index is 970. The van der Waals surface area contributed by atoms with Crippen molar-refractivity contribution in [3.63, 3.8) is 0 Å². The highest BCUT2D eigenvalue weighted by Crippen LogP contribution is 2.26. The van der Waals surface area contributed by atoms with Crippen molar-refractivity contribution < 1.29 is 22.7 Å². The third-order valence-corrected chi connectivity index (χ3v) is 5.39. The molecular formula is C19H13F4I2N3O. The molecular weight excluding hydrogens is 616 g/mol. The largest absolute Gasteiger partial charge is 0.400 e. The number of hydrogen-bond acceptors (Lipinski definition) is 3. The molecule has 0 radical (unpaired) electrons. The number of hydrogen-bond donors (Lipinski definition) is 2. The number of aliphatic hydroxyl groups is 1. The van der Waals surface area contributed by atoms with Crippen LogP contribution in [-0.4, -0.2) is 27.2 Å². The highest BCUT2D eigenvalue weighted by atomic mass is 127. The van der Waals surface area contributed by atoms with Crippen LogP contribution in [0.3, 0.4) is 0 Å². The minimum atomic E-state index is -1.35. The summed E-state index contributed by atoms with van der Waals surface area (Å²) in [4.78, 5) is 11.8. The zero-order valence-electron chi connectivity index (χ0n) is 14.7. The summed E-state index contributed by atoms with van der Waals surface area (Å²) in [7, 11) is 1.00. The Labute approximate surface area is 190 Å². The van der Waals surface area contributed by atoms with Gasteiger partial charge in [0.2, 0.25) is 0 Å². The van der Waals surface area contributed by atoms with E-state index in [2.05, 4.69) is 15.0 Å². The highest BCUT2D eigenvalue weighted by molar-refractivity contribution is 14.1. The van der Waals surface area contributed by atoms with Crippen LogP contribution < -0.4 is 0 Å². The maximum Gasteiger partial charge on any atom is 0.176 e. The molecule has 0 aliphatic carbocycles. The molecule has 152 valence electrons. The van der Waals surface area contributed by atoms with E-state index in [1.807, 2.05) is 36.4 Å². The Morgan fingerprint density at radius 2 is 1.28 bits per heavy atom. The van der Waals surface area contributed by atoms with Crippen LogP contribution in [0.25, 0.3) is 22.4 Å². The molecule has 0 aliphatic heterocycles. The molecule has 0 spiro atoms. The standard InChI is InChI=1S/C12H9N3.C6F4I2.CH4O/c1-2-4-11-10(3-1)14-12(15-11)9-5-7-13-8-6-9;7-1-2(8)6(12)4(10)3(9)5(1)11;1-2/h1-8H,(H,14,15);;2H,1H3. The quantitative estimate of drug-likeness (QED) is 0.123. The van der Waals surface area contributed by atoms with Gasteiger partial charge in [0.05, 0.1) is 18.2 Å². The van der Waals surface area contributed by atoms with E-state index in [0.29, 0.717) is 0 Å². The number of imidazole rings is 1. The lowest BCUT2D eigenvalue weighted by atomic mass is 10.3. The van der Waals surface area contributed by atoms with Gasteiger partial charge in [0, 0.05) is 25.1 Å². The second-order valence-electron chi connectivity index (χ2n) is 5.22. The first kappa shape index (κ1) is 23.5. The number of para-hydroxylation sites is 2. The monoisotopic (exact) mass is 629 g/mol. The number of H-pyrrole nitrogens is 1. The molecule has 0 saturated heterocycles. The lowest BCUT2D eigenvalue weighted by Gasteiger charge is -2.02. The Morgan fingerprint density at radius 1 is 0.793 bits per heavy atom.